The lowest BCUT2D eigenvalue weighted by Crippen LogP contribution is -2.38. The van der Waals surface area contributed by atoms with E-state index in [1.165, 1.54) is 23.8 Å². The summed E-state index contributed by atoms with van der Waals surface area (Å²) in [7, 11) is 0. The highest BCUT2D eigenvalue weighted by Crippen LogP contribution is 2.24. The van der Waals surface area contributed by atoms with Crippen LogP contribution in [0, 0.1) is 18.8 Å². The fourth-order valence-corrected chi connectivity index (χ4v) is 5.11. The topological polar surface area (TPSA) is 80.1 Å². The first-order valence-corrected chi connectivity index (χ1v) is 11.9. The van der Waals surface area contributed by atoms with Gasteiger partial charge in [-0.2, -0.15) is 5.10 Å². The molecule has 4 rings (SSSR count). The number of hydrogen-bond acceptors (Lipinski definition) is 6. The zero-order valence-electron chi connectivity index (χ0n) is 18.3. The molecule has 168 valence electrons. The average molecular weight is 472 g/mol. The van der Waals surface area contributed by atoms with Gasteiger partial charge in [0, 0.05) is 41.8 Å². The van der Waals surface area contributed by atoms with Gasteiger partial charge in [-0.1, -0.05) is 25.4 Å². The van der Waals surface area contributed by atoms with Gasteiger partial charge in [0.1, 0.15) is 0 Å². The van der Waals surface area contributed by atoms with Crippen molar-refractivity contribution in [2.45, 2.75) is 33.7 Å². The van der Waals surface area contributed by atoms with Crippen LogP contribution in [-0.2, 0) is 6.54 Å². The van der Waals surface area contributed by atoms with Gasteiger partial charge in [0.2, 0.25) is 5.43 Å². The smallest absolute Gasteiger partial charge is 0.281 e. The van der Waals surface area contributed by atoms with Gasteiger partial charge in [-0.15, -0.1) is 11.3 Å². The lowest BCUT2D eigenvalue weighted by atomic mass is 9.92. The Hall–Kier alpha value is -2.55. The van der Waals surface area contributed by atoms with Crippen molar-refractivity contribution < 1.29 is 4.79 Å². The summed E-state index contributed by atoms with van der Waals surface area (Å²) in [5.74, 6) is 0.776. The molecule has 7 nitrogen and oxygen atoms in total. The van der Waals surface area contributed by atoms with Gasteiger partial charge in [0.25, 0.3) is 5.91 Å². The standard InChI is InChI=1S/C23H26ClN5O2S/c1-14-8-15(2)11-28(10-14)12-18-13-32-23(25-18)26-22(31)21-20(30)9-16(3)29(27-21)19-6-4-17(24)5-7-19/h4-7,9,13-15H,8,10-12H2,1-3H3,(H,25,26,31)/t14-,15+. The molecule has 1 N–H and O–H groups in total. The molecule has 1 saturated heterocycles. The molecule has 3 aromatic rings. The molecular formula is C23H26ClN5O2S. The number of halogens is 1. The van der Waals surface area contributed by atoms with Crippen molar-refractivity contribution in [3.05, 3.63) is 68.0 Å². The lowest BCUT2D eigenvalue weighted by Gasteiger charge is -2.34. The summed E-state index contributed by atoms with van der Waals surface area (Å²) in [5, 5.41) is 10.0. The Morgan fingerprint density at radius 3 is 2.59 bits per heavy atom. The second-order valence-corrected chi connectivity index (χ2v) is 9.92. The number of nitrogens with one attached hydrogen (secondary N) is 1. The fourth-order valence-electron chi connectivity index (χ4n) is 4.29. The van der Waals surface area contributed by atoms with Crippen molar-refractivity contribution >= 4 is 34.0 Å². The summed E-state index contributed by atoms with van der Waals surface area (Å²) in [4.78, 5) is 32.2. The maximum atomic E-state index is 12.8. The van der Waals surface area contributed by atoms with E-state index in [1.54, 1.807) is 35.9 Å². The highest BCUT2D eigenvalue weighted by molar-refractivity contribution is 7.13. The summed E-state index contributed by atoms with van der Waals surface area (Å²) >= 11 is 7.31. The van der Waals surface area contributed by atoms with Gasteiger partial charge in [0.15, 0.2) is 10.8 Å². The Morgan fingerprint density at radius 2 is 1.91 bits per heavy atom. The third kappa shape index (κ3) is 5.26. The number of rotatable bonds is 5. The van der Waals surface area contributed by atoms with Crippen LogP contribution in [0.2, 0.25) is 5.02 Å². The molecule has 0 spiro atoms. The molecule has 1 aromatic carbocycles. The van der Waals surface area contributed by atoms with E-state index in [1.807, 2.05) is 5.38 Å². The molecule has 32 heavy (non-hydrogen) atoms. The third-order valence-electron chi connectivity index (χ3n) is 5.50. The monoisotopic (exact) mass is 471 g/mol. The molecular weight excluding hydrogens is 446 g/mol. The molecule has 9 heteroatoms. The van der Waals surface area contributed by atoms with Crippen LogP contribution in [0.3, 0.4) is 0 Å². The Balaban J connectivity index is 1.49. The van der Waals surface area contributed by atoms with Crippen molar-refractivity contribution in [2.24, 2.45) is 11.8 Å². The number of likely N-dealkylation sites (tertiary alicyclic amines) is 1. The van der Waals surface area contributed by atoms with Crippen molar-refractivity contribution in [3.63, 3.8) is 0 Å². The third-order valence-corrected chi connectivity index (χ3v) is 6.55. The number of anilines is 1. The molecule has 3 heterocycles. The molecule has 0 radical (unpaired) electrons. The number of benzene rings is 1. The average Bonchev–Trinajstić information content (AvgIpc) is 3.14. The minimum Gasteiger partial charge on any atom is -0.297 e. The van der Waals surface area contributed by atoms with Crippen LogP contribution >= 0.6 is 22.9 Å². The van der Waals surface area contributed by atoms with E-state index in [-0.39, 0.29) is 5.69 Å². The quantitative estimate of drug-likeness (QED) is 0.597. The highest BCUT2D eigenvalue weighted by atomic mass is 35.5. The van der Waals surface area contributed by atoms with Crippen molar-refractivity contribution in [1.82, 2.24) is 19.7 Å². The molecule has 1 fully saturated rings. The number of nitrogens with zero attached hydrogens (tertiary/aromatic N) is 4. The maximum Gasteiger partial charge on any atom is 0.281 e. The van der Waals surface area contributed by atoms with Crippen LogP contribution in [0.4, 0.5) is 5.13 Å². The van der Waals surface area contributed by atoms with Crippen LogP contribution in [0.15, 0.2) is 40.5 Å². The van der Waals surface area contributed by atoms with Gasteiger partial charge < -0.3 is 0 Å². The van der Waals surface area contributed by atoms with Crippen LogP contribution in [0.1, 0.15) is 42.1 Å². The number of carbonyl (C=O) groups is 1. The molecule has 0 unspecified atom stereocenters. The predicted octanol–water partition coefficient (Wildman–Crippen LogP) is 4.38. The number of aromatic nitrogens is 3. The predicted molar refractivity (Wildman–Crippen MR) is 128 cm³/mol. The van der Waals surface area contributed by atoms with E-state index < -0.39 is 11.3 Å². The number of hydrogen-bond donors (Lipinski definition) is 1. The van der Waals surface area contributed by atoms with Crippen molar-refractivity contribution in [3.8, 4) is 5.69 Å². The highest BCUT2D eigenvalue weighted by Gasteiger charge is 2.23. The molecule has 2 aromatic heterocycles. The van der Waals surface area contributed by atoms with Gasteiger partial charge in [0.05, 0.1) is 11.4 Å². The van der Waals surface area contributed by atoms with E-state index in [0.717, 1.165) is 25.3 Å². The van der Waals surface area contributed by atoms with E-state index in [0.29, 0.717) is 33.4 Å². The number of aryl methyl sites for hydroxylation is 1. The lowest BCUT2D eigenvalue weighted by molar-refractivity contribution is 0.101. The van der Waals surface area contributed by atoms with Crippen molar-refractivity contribution in [1.29, 1.82) is 0 Å². The normalized spacial score (nSPS) is 19.1. The van der Waals surface area contributed by atoms with E-state index in [9.17, 15) is 9.59 Å². The molecule has 0 aliphatic carbocycles. The summed E-state index contributed by atoms with van der Waals surface area (Å²) in [6, 6.07) is 8.43. The van der Waals surface area contributed by atoms with E-state index in [4.69, 9.17) is 11.6 Å². The second-order valence-electron chi connectivity index (χ2n) is 8.63. The largest absolute Gasteiger partial charge is 0.297 e. The molecule has 2 atom stereocenters. The maximum absolute atomic E-state index is 12.8. The first kappa shape index (κ1) is 22.6. The summed E-state index contributed by atoms with van der Waals surface area (Å²) in [6.07, 6.45) is 1.26. The Labute approximate surface area is 196 Å². The SMILES string of the molecule is Cc1cc(=O)c(C(=O)Nc2nc(CN3C[C@H](C)C[C@H](C)C3)cs2)nn1-c1ccc(Cl)cc1. The minimum absolute atomic E-state index is 0.180. The molecule has 1 aliphatic heterocycles. The van der Waals surface area contributed by atoms with Crippen LogP contribution in [0.25, 0.3) is 5.69 Å². The van der Waals surface area contributed by atoms with E-state index >= 15 is 0 Å². The zero-order valence-corrected chi connectivity index (χ0v) is 19.9. The number of thiazole rings is 1. The number of amides is 1. The Kier molecular flexibility index (Phi) is 6.74. The molecule has 0 saturated carbocycles. The Bertz CT molecular complexity index is 1160. The summed E-state index contributed by atoms with van der Waals surface area (Å²) < 4.78 is 1.55. The van der Waals surface area contributed by atoms with Gasteiger partial charge in [-0.25, -0.2) is 9.67 Å². The fraction of sp³-hybridized carbons (Fsp3) is 0.391. The second kappa shape index (κ2) is 9.52. The zero-order chi connectivity index (χ0) is 22.8. The van der Waals surface area contributed by atoms with E-state index in [2.05, 4.69) is 34.1 Å². The molecule has 0 bridgehead atoms. The molecule has 1 amide bonds. The minimum atomic E-state index is -0.571. The summed E-state index contributed by atoms with van der Waals surface area (Å²) in [5.41, 5.74) is 1.64. The number of carbonyl (C=O) groups excluding carboxylic acids is 1. The van der Waals surface area contributed by atoms with Crippen LogP contribution in [0.5, 0.6) is 0 Å². The first-order valence-electron chi connectivity index (χ1n) is 10.6. The Morgan fingerprint density at radius 1 is 1.22 bits per heavy atom. The van der Waals surface area contributed by atoms with Gasteiger partial charge in [-0.05, 0) is 49.4 Å². The molecule has 1 aliphatic rings. The van der Waals surface area contributed by atoms with Gasteiger partial charge >= 0.3 is 0 Å². The van der Waals surface area contributed by atoms with Crippen molar-refractivity contribution in [2.75, 3.05) is 18.4 Å². The van der Waals surface area contributed by atoms with Crippen LogP contribution in [-0.4, -0.2) is 38.7 Å². The first-order chi connectivity index (χ1) is 15.3. The van der Waals surface area contributed by atoms with Gasteiger partial charge in [-0.3, -0.25) is 19.8 Å². The van der Waals surface area contributed by atoms with Crippen LogP contribution < -0.4 is 10.7 Å². The summed E-state index contributed by atoms with van der Waals surface area (Å²) in [6.45, 7) is 9.19. The number of piperidine rings is 1.